The van der Waals surface area contributed by atoms with Crippen molar-refractivity contribution in [3.05, 3.63) is 17.7 Å². The Morgan fingerprint density at radius 3 is 2.79 bits per heavy atom. The van der Waals surface area contributed by atoms with Crippen LogP contribution in [0.4, 0.5) is 0 Å². The van der Waals surface area contributed by atoms with Crippen LogP contribution in [0.5, 0.6) is 5.75 Å². The number of carbonyl (C=O) groups is 1. The molecule has 1 aromatic rings. The minimum Gasteiger partial charge on any atom is -0.493 e. The lowest BCUT2D eigenvalue weighted by molar-refractivity contribution is 0.0959. The molecule has 0 aromatic carbocycles. The van der Waals surface area contributed by atoms with Gasteiger partial charge in [0.25, 0.3) is 0 Å². The molecule has 0 aliphatic rings. The van der Waals surface area contributed by atoms with Crippen LogP contribution in [0.1, 0.15) is 23.2 Å². The third-order valence-corrected chi connectivity index (χ3v) is 1.74. The zero-order valence-corrected chi connectivity index (χ0v) is 8.44. The highest BCUT2D eigenvalue weighted by Crippen LogP contribution is 2.15. The first kappa shape index (κ1) is 10.6. The number of methoxy groups -OCH3 is 1. The molecule has 0 bridgehead atoms. The van der Waals surface area contributed by atoms with Gasteiger partial charge in [-0.3, -0.25) is 4.79 Å². The van der Waals surface area contributed by atoms with Crippen LogP contribution >= 0.6 is 0 Å². The molecule has 5 heteroatoms. The van der Waals surface area contributed by atoms with Gasteiger partial charge in [0.05, 0.1) is 19.3 Å². The van der Waals surface area contributed by atoms with Gasteiger partial charge in [-0.2, -0.15) is 0 Å². The Bertz CT molecular complexity index is 350. The smallest absolute Gasteiger partial charge is 0.201 e. The highest BCUT2D eigenvalue weighted by atomic mass is 16.5. The van der Waals surface area contributed by atoms with E-state index in [0.717, 1.165) is 0 Å². The fraction of sp³-hybridized carbons (Fsp3) is 0.444. The van der Waals surface area contributed by atoms with Crippen molar-refractivity contribution >= 4 is 5.78 Å². The second-order valence-corrected chi connectivity index (χ2v) is 2.99. The second-order valence-electron chi connectivity index (χ2n) is 2.99. The number of nitrogens with two attached hydrogens (primary N) is 1. The third-order valence-electron chi connectivity index (χ3n) is 1.74. The lowest BCUT2D eigenvalue weighted by atomic mass is 10.1. The summed E-state index contributed by atoms with van der Waals surface area (Å²) < 4.78 is 4.97. The quantitative estimate of drug-likeness (QED) is 0.703. The Morgan fingerprint density at radius 1 is 1.64 bits per heavy atom. The molecule has 0 saturated carbocycles. The zero-order valence-electron chi connectivity index (χ0n) is 8.44. The number of carbonyl (C=O) groups excluding carboxylic acids is 1. The van der Waals surface area contributed by atoms with Crippen LogP contribution in [0.3, 0.4) is 0 Å². The van der Waals surface area contributed by atoms with Crippen LogP contribution in [-0.2, 0) is 0 Å². The minimum absolute atomic E-state index is 0.243. The molecule has 2 N–H and O–H groups in total. The monoisotopic (exact) mass is 195 g/mol. The molecule has 0 saturated heterocycles. The summed E-state index contributed by atoms with van der Waals surface area (Å²) in [5, 5.41) is 0. The van der Waals surface area contributed by atoms with Crippen LogP contribution in [-0.4, -0.2) is 28.9 Å². The maximum absolute atomic E-state index is 11.6. The number of aromatic nitrogens is 2. The molecule has 5 nitrogen and oxygen atoms in total. The molecule has 1 rings (SSSR count). The van der Waals surface area contributed by atoms with Crippen LogP contribution in [0, 0.1) is 6.92 Å². The molecule has 0 amide bonds. The highest BCUT2D eigenvalue weighted by Gasteiger charge is 2.18. The van der Waals surface area contributed by atoms with Crippen LogP contribution in [0.15, 0.2) is 6.20 Å². The molecule has 14 heavy (non-hydrogen) atoms. The third kappa shape index (κ3) is 2.05. The van der Waals surface area contributed by atoms with Gasteiger partial charge in [-0.1, -0.05) is 0 Å². The summed E-state index contributed by atoms with van der Waals surface area (Å²) >= 11 is 0. The van der Waals surface area contributed by atoms with Gasteiger partial charge >= 0.3 is 0 Å². The maximum atomic E-state index is 11.6. The van der Waals surface area contributed by atoms with E-state index in [1.54, 1.807) is 13.8 Å². The molecule has 0 aliphatic carbocycles. The van der Waals surface area contributed by atoms with E-state index in [-0.39, 0.29) is 11.5 Å². The fourth-order valence-electron chi connectivity index (χ4n) is 1.00. The van der Waals surface area contributed by atoms with Crippen LogP contribution < -0.4 is 10.5 Å². The fourth-order valence-corrected chi connectivity index (χ4v) is 1.00. The maximum Gasteiger partial charge on any atom is 0.201 e. The Morgan fingerprint density at radius 2 is 2.29 bits per heavy atom. The standard InChI is InChI=1S/C9H13N3O2/c1-5(10)9(13)8-7(14-3)4-11-6(2)12-8/h4-5H,10H2,1-3H3. The zero-order chi connectivity index (χ0) is 10.7. The Kier molecular flexibility index (Phi) is 3.14. The van der Waals surface area contributed by atoms with Crippen molar-refractivity contribution < 1.29 is 9.53 Å². The summed E-state index contributed by atoms with van der Waals surface area (Å²) in [6.07, 6.45) is 1.47. The SMILES string of the molecule is COc1cnc(C)nc1C(=O)C(C)N. The normalized spacial score (nSPS) is 12.3. The van der Waals surface area contributed by atoms with E-state index in [4.69, 9.17) is 10.5 Å². The van der Waals surface area contributed by atoms with Gasteiger partial charge in [-0.15, -0.1) is 0 Å². The number of aryl methyl sites for hydroxylation is 1. The summed E-state index contributed by atoms with van der Waals surface area (Å²) in [5.74, 6) is 0.639. The van der Waals surface area contributed by atoms with Crippen molar-refractivity contribution in [1.82, 2.24) is 9.97 Å². The van der Waals surface area contributed by atoms with Gasteiger partial charge in [0.2, 0.25) is 5.78 Å². The molecule has 0 radical (unpaired) electrons. The number of ether oxygens (including phenoxy) is 1. The largest absolute Gasteiger partial charge is 0.493 e. The van der Waals surface area contributed by atoms with Crippen LogP contribution in [0.25, 0.3) is 0 Å². The molecule has 76 valence electrons. The summed E-state index contributed by atoms with van der Waals surface area (Å²) in [7, 11) is 1.46. The predicted molar refractivity (Wildman–Crippen MR) is 51.3 cm³/mol. The second kappa shape index (κ2) is 4.15. The van der Waals surface area contributed by atoms with E-state index in [2.05, 4.69) is 9.97 Å². The first-order chi connectivity index (χ1) is 6.56. The summed E-state index contributed by atoms with van der Waals surface area (Å²) in [6.45, 7) is 3.32. The lowest BCUT2D eigenvalue weighted by Crippen LogP contribution is -2.28. The lowest BCUT2D eigenvalue weighted by Gasteiger charge is -2.08. The van der Waals surface area contributed by atoms with Crippen molar-refractivity contribution in [1.29, 1.82) is 0 Å². The highest BCUT2D eigenvalue weighted by molar-refractivity contribution is 6.00. The molecular formula is C9H13N3O2. The first-order valence-electron chi connectivity index (χ1n) is 4.23. The van der Waals surface area contributed by atoms with Gasteiger partial charge < -0.3 is 10.5 Å². The Balaban J connectivity index is 3.17. The topological polar surface area (TPSA) is 78.1 Å². The van der Waals surface area contributed by atoms with Crippen molar-refractivity contribution in [2.24, 2.45) is 5.73 Å². The number of rotatable bonds is 3. The van der Waals surface area contributed by atoms with E-state index < -0.39 is 6.04 Å². The van der Waals surface area contributed by atoms with Gasteiger partial charge in [-0.25, -0.2) is 9.97 Å². The van der Waals surface area contributed by atoms with E-state index in [1.165, 1.54) is 13.3 Å². The molecule has 0 spiro atoms. The molecule has 1 unspecified atom stereocenters. The molecule has 0 aliphatic heterocycles. The summed E-state index contributed by atoms with van der Waals surface area (Å²) in [6, 6.07) is -0.585. The van der Waals surface area contributed by atoms with Crippen LogP contribution in [0.2, 0.25) is 0 Å². The van der Waals surface area contributed by atoms with Gasteiger partial charge in [0.15, 0.2) is 11.4 Å². The minimum atomic E-state index is -0.585. The van der Waals surface area contributed by atoms with Gasteiger partial charge in [0, 0.05) is 0 Å². The number of ketones is 1. The molecule has 1 aromatic heterocycles. The number of hydrogen-bond acceptors (Lipinski definition) is 5. The van der Waals surface area contributed by atoms with Crippen molar-refractivity contribution in [3.63, 3.8) is 0 Å². The Hall–Kier alpha value is -1.49. The van der Waals surface area contributed by atoms with Crippen molar-refractivity contribution in [3.8, 4) is 5.75 Å². The van der Waals surface area contributed by atoms with E-state index >= 15 is 0 Å². The van der Waals surface area contributed by atoms with E-state index in [1.807, 2.05) is 0 Å². The summed E-state index contributed by atoms with van der Waals surface area (Å²) in [4.78, 5) is 19.5. The van der Waals surface area contributed by atoms with E-state index in [9.17, 15) is 4.79 Å². The summed E-state index contributed by atoms with van der Waals surface area (Å²) in [5.41, 5.74) is 5.72. The average Bonchev–Trinajstić information content (AvgIpc) is 2.16. The van der Waals surface area contributed by atoms with Crippen molar-refractivity contribution in [2.75, 3.05) is 7.11 Å². The van der Waals surface area contributed by atoms with Crippen molar-refractivity contribution in [2.45, 2.75) is 19.9 Å². The molecular weight excluding hydrogens is 182 g/mol. The molecule has 0 fully saturated rings. The first-order valence-corrected chi connectivity index (χ1v) is 4.23. The number of hydrogen-bond donors (Lipinski definition) is 1. The number of nitrogens with zero attached hydrogens (tertiary/aromatic N) is 2. The Labute approximate surface area is 82.3 Å². The molecule has 1 heterocycles. The molecule has 1 atom stereocenters. The number of Topliss-reactive ketones (excluding diaryl/α,β-unsaturated/α-hetero) is 1. The van der Waals surface area contributed by atoms with Gasteiger partial charge in [-0.05, 0) is 13.8 Å². The average molecular weight is 195 g/mol. The van der Waals surface area contributed by atoms with E-state index in [0.29, 0.717) is 11.6 Å². The predicted octanol–water partition coefficient (Wildman–Crippen LogP) is 0.324. The van der Waals surface area contributed by atoms with Gasteiger partial charge in [0.1, 0.15) is 5.82 Å².